The predicted octanol–water partition coefficient (Wildman–Crippen LogP) is 4.64. The summed E-state index contributed by atoms with van der Waals surface area (Å²) in [5.74, 6) is -6.20. The molecule has 4 bridgehead atoms. The fourth-order valence-electron chi connectivity index (χ4n) is 6.89. The Bertz CT molecular complexity index is 1380. The number of nitrogens with zero attached hydrogens (tertiary/aromatic N) is 1. The van der Waals surface area contributed by atoms with Crippen molar-refractivity contribution in [3.8, 4) is 0 Å². The molecule has 0 spiro atoms. The molecule has 0 heterocycles. The Morgan fingerprint density at radius 1 is 0.568 bits per heavy atom. The lowest BCUT2D eigenvalue weighted by molar-refractivity contribution is -0.164. The van der Waals surface area contributed by atoms with Gasteiger partial charge in [0, 0.05) is 5.69 Å². The van der Waals surface area contributed by atoms with Gasteiger partial charge in [-0.05, 0) is 69.0 Å². The largest absolute Gasteiger partial charge is 0.465 e. The van der Waals surface area contributed by atoms with Gasteiger partial charge in [-0.1, -0.05) is 66.3 Å². The second-order valence-electron chi connectivity index (χ2n) is 10.7. The summed E-state index contributed by atoms with van der Waals surface area (Å²) in [6.07, 6.45) is 14.7. The lowest BCUT2D eigenvalue weighted by Crippen LogP contribution is -2.71. The molecule has 4 aliphatic carbocycles. The number of aryl methyl sites for hydroxylation is 1. The SMILES string of the molecule is CCOC(=O)C(C(=O)OCC)C1(N(c2ccc(C)cc2)C2(C(C(=O)OCC)C(=O)OCC)C3=CC=C2C=C3)C2=CC=C1C=C2. The van der Waals surface area contributed by atoms with Crippen LogP contribution in [0, 0.1) is 18.8 Å². The Balaban J connectivity index is 1.91. The molecule has 0 unspecified atom stereocenters. The first-order chi connectivity index (χ1) is 21.2. The average molecular weight is 600 g/mol. The Morgan fingerprint density at radius 3 is 1.11 bits per heavy atom. The van der Waals surface area contributed by atoms with Gasteiger partial charge in [-0.25, -0.2) is 0 Å². The molecular weight excluding hydrogens is 562 g/mol. The third-order valence-electron chi connectivity index (χ3n) is 8.45. The molecule has 0 aromatic heterocycles. The van der Waals surface area contributed by atoms with Gasteiger partial charge in [-0.15, -0.1) is 0 Å². The zero-order chi connectivity index (χ0) is 31.6. The number of esters is 4. The Hall–Kier alpha value is -4.66. The number of allylic oxidation sites excluding steroid dienone is 4. The summed E-state index contributed by atoms with van der Waals surface area (Å²) in [5, 5.41) is 0. The predicted molar refractivity (Wildman–Crippen MR) is 163 cm³/mol. The van der Waals surface area contributed by atoms with Crippen molar-refractivity contribution < 1.29 is 38.1 Å². The summed E-state index contributed by atoms with van der Waals surface area (Å²) in [6, 6.07) is 7.52. The lowest BCUT2D eigenvalue weighted by atomic mass is 9.67. The zero-order valence-electron chi connectivity index (χ0n) is 25.6. The number of hydrogen-bond donors (Lipinski definition) is 0. The normalized spacial score (nSPS) is 17.7. The standard InChI is InChI=1S/C35H37NO8/c1-6-41-30(37)28(31(38)42-7-2)34(23-12-13-24(34)15-14-23)36(27-20-10-22(5)11-21-27)35(25-16-17-26(35)19-18-25)29(32(39)43-8-3)33(40)44-9-4/h10-21,28-29H,6-9H2,1-5H3. The van der Waals surface area contributed by atoms with Crippen LogP contribution in [0.2, 0.25) is 0 Å². The average Bonchev–Trinajstić information content (AvgIpc) is 3.74. The molecule has 230 valence electrons. The van der Waals surface area contributed by atoms with Crippen LogP contribution in [-0.4, -0.2) is 61.4 Å². The van der Waals surface area contributed by atoms with Crippen molar-refractivity contribution in [3.63, 3.8) is 0 Å². The fraction of sp³-hybridized carbons (Fsp3) is 0.371. The van der Waals surface area contributed by atoms with Crippen LogP contribution in [0.4, 0.5) is 5.69 Å². The van der Waals surface area contributed by atoms with Gasteiger partial charge < -0.3 is 23.8 Å². The zero-order valence-corrected chi connectivity index (χ0v) is 25.6. The van der Waals surface area contributed by atoms with Crippen molar-refractivity contribution in [1.29, 1.82) is 0 Å². The summed E-state index contributed by atoms with van der Waals surface area (Å²) in [4.78, 5) is 58.0. The van der Waals surface area contributed by atoms with Crippen LogP contribution in [0.5, 0.6) is 0 Å². The topological polar surface area (TPSA) is 108 Å². The highest BCUT2D eigenvalue weighted by Gasteiger charge is 2.69. The van der Waals surface area contributed by atoms with E-state index in [1.165, 1.54) is 0 Å². The minimum absolute atomic E-state index is 0.0259. The van der Waals surface area contributed by atoms with Gasteiger partial charge in [0.15, 0.2) is 11.8 Å². The molecule has 0 amide bonds. The van der Waals surface area contributed by atoms with E-state index in [2.05, 4.69) is 0 Å². The van der Waals surface area contributed by atoms with Crippen molar-refractivity contribution >= 4 is 29.6 Å². The van der Waals surface area contributed by atoms with E-state index < -0.39 is 46.8 Å². The van der Waals surface area contributed by atoms with E-state index in [0.717, 1.165) is 5.56 Å². The number of ether oxygens (including phenoxy) is 4. The lowest BCUT2D eigenvalue weighted by Gasteiger charge is -2.56. The molecule has 0 N–H and O–H groups in total. The van der Waals surface area contributed by atoms with Gasteiger partial charge in [0.1, 0.15) is 11.1 Å². The third kappa shape index (κ3) is 4.44. The van der Waals surface area contributed by atoms with Gasteiger partial charge >= 0.3 is 23.9 Å². The summed E-state index contributed by atoms with van der Waals surface area (Å²) >= 11 is 0. The summed E-state index contributed by atoms with van der Waals surface area (Å²) in [6.45, 7) is 8.71. The molecule has 0 atom stereocenters. The number of hydrogen-bond acceptors (Lipinski definition) is 9. The molecule has 9 heteroatoms. The van der Waals surface area contributed by atoms with E-state index in [1.807, 2.05) is 84.7 Å². The maximum atomic E-state index is 14.0. The number of carbonyl (C=O) groups is 4. The number of carbonyl (C=O) groups excluding carboxylic acids is 4. The van der Waals surface area contributed by atoms with E-state index in [4.69, 9.17) is 18.9 Å². The number of fused-ring (bicyclic) bond motifs is 4. The van der Waals surface area contributed by atoms with Crippen molar-refractivity contribution in [3.05, 3.63) is 101 Å². The van der Waals surface area contributed by atoms with E-state index in [9.17, 15) is 19.2 Å². The van der Waals surface area contributed by atoms with Crippen LogP contribution in [0.15, 0.2) is 95.2 Å². The van der Waals surface area contributed by atoms with Crippen LogP contribution in [0.25, 0.3) is 0 Å². The Labute approximate surface area is 257 Å². The van der Waals surface area contributed by atoms with Gasteiger partial charge in [-0.3, -0.25) is 19.2 Å². The molecule has 0 saturated carbocycles. The van der Waals surface area contributed by atoms with Gasteiger partial charge in [0.2, 0.25) is 0 Å². The Morgan fingerprint density at radius 2 is 0.864 bits per heavy atom. The van der Waals surface area contributed by atoms with E-state index in [-0.39, 0.29) is 26.4 Å². The molecule has 0 radical (unpaired) electrons. The van der Waals surface area contributed by atoms with Crippen LogP contribution in [-0.2, 0) is 38.1 Å². The second kappa shape index (κ2) is 12.1. The van der Waals surface area contributed by atoms with Gasteiger partial charge in [-0.2, -0.15) is 0 Å². The van der Waals surface area contributed by atoms with E-state index >= 15 is 0 Å². The summed E-state index contributed by atoms with van der Waals surface area (Å²) in [7, 11) is 0. The smallest absolute Gasteiger partial charge is 0.323 e. The van der Waals surface area contributed by atoms with Gasteiger partial charge in [0.25, 0.3) is 0 Å². The minimum atomic E-state index is -1.57. The summed E-state index contributed by atoms with van der Waals surface area (Å²) in [5.41, 5.74) is 0.815. The monoisotopic (exact) mass is 599 g/mol. The highest BCUT2D eigenvalue weighted by molar-refractivity contribution is 6.04. The number of benzene rings is 1. The highest BCUT2D eigenvalue weighted by atomic mass is 16.6. The van der Waals surface area contributed by atoms with E-state index in [1.54, 1.807) is 27.7 Å². The molecule has 0 aliphatic heterocycles. The van der Waals surface area contributed by atoms with Crippen molar-refractivity contribution in [1.82, 2.24) is 0 Å². The molecule has 44 heavy (non-hydrogen) atoms. The van der Waals surface area contributed by atoms with Crippen molar-refractivity contribution in [2.24, 2.45) is 11.8 Å². The van der Waals surface area contributed by atoms with E-state index in [0.29, 0.717) is 28.0 Å². The van der Waals surface area contributed by atoms with Crippen LogP contribution >= 0.6 is 0 Å². The first kappa shape index (κ1) is 30.8. The fourth-order valence-corrected chi connectivity index (χ4v) is 6.89. The molecule has 5 rings (SSSR count). The van der Waals surface area contributed by atoms with Gasteiger partial charge in [0.05, 0.1) is 26.4 Å². The number of rotatable bonds is 13. The number of anilines is 1. The maximum Gasteiger partial charge on any atom is 0.323 e. The van der Waals surface area contributed by atoms with Crippen molar-refractivity contribution in [2.75, 3.05) is 31.3 Å². The first-order valence-corrected chi connectivity index (χ1v) is 15.0. The molecule has 0 fully saturated rings. The Kier molecular flexibility index (Phi) is 8.50. The molecule has 1 aromatic rings. The third-order valence-corrected chi connectivity index (χ3v) is 8.45. The molecule has 1 aromatic carbocycles. The second-order valence-corrected chi connectivity index (χ2v) is 10.7. The first-order valence-electron chi connectivity index (χ1n) is 15.0. The quantitative estimate of drug-likeness (QED) is 0.182. The molecule has 9 nitrogen and oxygen atoms in total. The van der Waals surface area contributed by atoms with Crippen LogP contribution in [0.1, 0.15) is 33.3 Å². The maximum absolute atomic E-state index is 14.0. The molecule has 0 saturated heterocycles. The van der Waals surface area contributed by atoms with Crippen molar-refractivity contribution in [2.45, 2.75) is 45.7 Å². The van der Waals surface area contributed by atoms with Crippen LogP contribution < -0.4 is 4.90 Å². The molecular formula is C35H37NO8. The highest BCUT2D eigenvalue weighted by Crippen LogP contribution is 2.60. The summed E-state index contributed by atoms with van der Waals surface area (Å²) < 4.78 is 22.2. The molecule has 4 aliphatic rings. The minimum Gasteiger partial charge on any atom is -0.465 e. The van der Waals surface area contributed by atoms with Crippen LogP contribution in [0.3, 0.4) is 0 Å².